The van der Waals surface area contributed by atoms with E-state index in [0.29, 0.717) is 5.69 Å². The second kappa shape index (κ2) is 5.92. The van der Waals surface area contributed by atoms with Gasteiger partial charge in [0.1, 0.15) is 9.84 Å². The number of anilines is 1. The Morgan fingerprint density at radius 1 is 1.50 bits per heavy atom. The number of nitrogens with one attached hydrogen (secondary N) is 1. The highest BCUT2D eigenvalue weighted by molar-refractivity contribution is 7.90. The Balaban J connectivity index is 2.55. The van der Waals surface area contributed by atoms with Crippen molar-refractivity contribution in [1.29, 1.82) is 0 Å². The van der Waals surface area contributed by atoms with Crippen molar-refractivity contribution >= 4 is 21.4 Å². The number of hydrogen-bond acceptors (Lipinski definition) is 5. The predicted octanol–water partition coefficient (Wildman–Crippen LogP) is 0.0905. The van der Waals surface area contributed by atoms with Gasteiger partial charge in [-0.2, -0.15) is 0 Å². The minimum absolute atomic E-state index is 0.101. The van der Waals surface area contributed by atoms with Crippen LogP contribution in [0.4, 0.5) is 5.69 Å². The molecule has 3 N–H and O–H groups in total. The number of rotatable bonds is 5. The van der Waals surface area contributed by atoms with Gasteiger partial charge in [0.05, 0.1) is 23.7 Å². The molecular formula is C11H17N3O3S. The first-order valence-corrected chi connectivity index (χ1v) is 7.50. The zero-order valence-electron chi connectivity index (χ0n) is 10.4. The van der Waals surface area contributed by atoms with E-state index in [1.165, 1.54) is 6.20 Å². The summed E-state index contributed by atoms with van der Waals surface area (Å²) in [5, 5.41) is 2.60. The number of aromatic nitrogens is 1. The van der Waals surface area contributed by atoms with Gasteiger partial charge in [0.15, 0.2) is 0 Å². The second-order valence-corrected chi connectivity index (χ2v) is 6.53. The molecule has 1 aromatic heterocycles. The summed E-state index contributed by atoms with van der Waals surface area (Å²) in [5.74, 6) is -0.515. The van der Waals surface area contributed by atoms with E-state index in [-0.39, 0.29) is 12.2 Å². The molecule has 0 aliphatic carbocycles. The molecule has 18 heavy (non-hydrogen) atoms. The summed E-state index contributed by atoms with van der Waals surface area (Å²) >= 11 is 0. The minimum Gasteiger partial charge on any atom is -0.323 e. The molecule has 1 rings (SSSR count). The number of aryl methyl sites for hydroxylation is 1. The summed E-state index contributed by atoms with van der Waals surface area (Å²) in [4.78, 5) is 15.6. The molecule has 0 aliphatic rings. The van der Waals surface area contributed by atoms with E-state index in [2.05, 4.69) is 10.3 Å². The quantitative estimate of drug-likeness (QED) is 0.790. The van der Waals surface area contributed by atoms with E-state index in [4.69, 9.17) is 5.73 Å². The molecule has 0 saturated carbocycles. The highest BCUT2D eigenvalue weighted by Gasteiger charge is 2.16. The van der Waals surface area contributed by atoms with Crippen LogP contribution in [-0.2, 0) is 14.6 Å². The van der Waals surface area contributed by atoms with Crippen molar-refractivity contribution in [1.82, 2.24) is 4.98 Å². The molecule has 0 spiro atoms. The van der Waals surface area contributed by atoms with Gasteiger partial charge < -0.3 is 11.1 Å². The number of pyridine rings is 1. The molecule has 100 valence electrons. The summed E-state index contributed by atoms with van der Waals surface area (Å²) in [7, 11) is -3.10. The molecular weight excluding hydrogens is 254 g/mol. The maximum Gasteiger partial charge on any atom is 0.241 e. The molecule has 1 amide bonds. The van der Waals surface area contributed by atoms with Gasteiger partial charge in [-0.15, -0.1) is 0 Å². The molecule has 7 heteroatoms. The monoisotopic (exact) mass is 271 g/mol. The lowest BCUT2D eigenvalue weighted by atomic mass is 10.2. The zero-order chi connectivity index (χ0) is 13.8. The molecule has 0 aromatic carbocycles. The van der Waals surface area contributed by atoms with Crippen LogP contribution in [0.15, 0.2) is 18.5 Å². The lowest BCUT2D eigenvalue weighted by Gasteiger charge is -2.11. The average molecular weight is 271 g/mol. The highest BCUT2D eigenvalue weighted by atomic mass is 32.2. The molecule has 0 bridgehead atoms. The van der Waals surface area contributed by atoms with E-state index < -0.39 is 21.8 Å². The molecule has 1 unspecified atom stereocenters. The van der Waals surface area contributed by atoms with Gasteiger partial charge in [0.25, 0.3) is 0 Å². The van der Waals surface area contributed by atoms with Crippen LogP contribution in [0.5, 0.6) is 0 Å². The molecule has 0 fully saturated rings. The van der Waals surface area contributed by atoms with Crippen molar-refractivity contribution < 1.29 is 13.2 Å². The van der Waals surface area contributed by atoms with Gasteiger partial charge in [-0.25, -0.2) is 8.42 Å². The number of carbonyl (C=O) groups is 1. The van der Waals surface area contributed by atoms with Gasteiger partial charge in [-0.1, -0.05) is 0 Å². The van der Waals surface area contributed by atoms with Gasteiger partial charge in [-0.05, 0) is 25.0 Å². The number of sulfone groups is 1. The van der Waals surface area contributed by atoms with Gasteiger partial charge >= 0.3 is 0 Å². The molecule has 6 nitrogen and oxygen atoms in total. The second-order valence-electron chi connectivity index (χ2n) is 4.27. The first-order chi connectivity index (χ1) is 8.28. The maximum atomic E-state index is 11.7. The molecule has 0 aliphatic heterocycles. The van der Waals surface area contributed by atoms with Gasteiger partial charge in [-0.3, -0.25) is 9.78 Å². The standard InChI is InChI=1S/C11H17N3O3S/c1-8-5-9(7-13-6-8)14-11(15)10(12)3-4-18(2,16)17/h5-7,10H,3-4,12H2,1-2H3,(H,14,15). The summed E-state index contributed by atoms with van der Waals surface area (Å²) in [6, 6.07) is 0.911. The summed E-state index contributed by atoms with van der Waals surface area (Å²) in [5.41, 5.74) is 7.08. The number of hydrogen-bond donors (Lipinski definition) is 2. The SMILES string of the molecule is Cc1cncc(NC(=O)C(N)CCS(C)(=O)=O)c1. The summed E-state index contributed by atoms with van der Waals surface area (Å²) < 4.78 is 21.9. The van der Waals surface area contributed by atoms with Crippen molar-refractivity contribution in [3.8, 4) is 0 Å². The van der Waals surface area contributed by atoms with E-state index in [9.17, 15) is 13.2 Å². The smallest absolute Gasteiger partial charge is 0.241 e. The molecule has 0 saturated heterocycles. The third-order valence-electron chi connectivity index (χ3n) is 2.28. The Morgan fingerprint density at radius 3 is 2.72 bits per heavy atom. The van der Waals surface area contributed by atoms with Gasteiger partial charge in [0.2, 0.25) is 5.91 Å². The lowest BCUT2D eigenvalue weighted by Crippen LogP contribution is -2.37. The van der Waals surface area contributed by atoms with Crippen LogP contribution >= 0.6 is 0 Å². The lowest BCUT2D eigenvalue weighted by molar-refractivity contribution is -0.117. The predicted molar refractivity (Wildman–Crippen MR) is 69.9 cm³/mol. The Labute approximate surface area is 107 Å². The number of nitrogens with two attached hydrogens (primary N) is 1. The summed E-state index contributed by atoms with van der Waals surface area (Å²) in [6.07, 6.45) is 4.39. The topological polar surface area (TPSA) is 102 Å². The fraction of sp³-hybridized carbons (Fsp3) is 0.455. The number of amides is 1. The van der Waals surface area contributed by atoms with E-state index in [1.54, 1.807) is 12.3 Å². The minimum atomic E-state index is -3.10. The van der Waals surface area contributed by atoms with E-state index in [1.807, 2.05) is 6.92 Å². The third kappa shape index (κ3) is 5.24. The Bertz CT molecular complexity index is 528. The molecule has 0 radical (unpaired) electrons. The first kappa shape index (κ1) is 14.6. The van der Waals surface area contributed by atoms with Crippen LogP contribution in [0, 0.1) is 6.92 Å². The van der Waals surface area contributed by atoms with Crippen LogP contribution < -0.4 is 11.1 Å². The van der Waals surface area contributed by atoms with Gasteiger partial charge in [0, 0.05) is 12.5 Å². The van der Waals surface area contributed by atoms with Crippen LogP contribution in [0.2, 0.25) is 0 Å². The van der Waals surface area contributed by atoms with Crippen molar-refractivity contribution in [2.75, 3.05) is 17.3 Å². The normalized spacial score (nSPS) is 13.1. The number of nitrogens with zero attached hydrogens (tertiary/aromatic N) is 1. The summed E-state index contributed by atoms with van der Waals surface area (Å²) in [6.45, 7) is 1.85. The fourth-order valence-electron chi connectivity index (χ4n) is 1.33. The Hall–Kier alpha value is -1.47. The number of carbonyl (C=O) groups excluding carboxylic acids is 1. The molecule has 1 aromatic rings. The van der Waals surface area contributed by atoms with E-state index >= 15 is 0 Å². The van der Waals surface area contributed by atoms with Crippen LogP contribution in [0.1, 0.15) is 12.0 Å². The van der Waals surface area contributed by atoms with Crippen molar-refractivity contribution in [2.24, 2.45) is 5.73 Å². The van der Waals surface area contributed by atoms with Crippen molar-refractivity contribution in [2.45, 2.75) is 19.4 Å². The first-order valence-electron chi connectivity index (χ1n) is 5.44. The zero-order valence-corrected chi connectivity index (χ0v) is 11.2. The average Bonchev–Trinajstić information content (AvgIpc) is 2.24. The third-order valence-corrected chi connectivity index (χ3v) is 3.26. The molecule has 1 atom stereocenters. The largest absolute Gasteiger partial charge is 0.323 e. The van der Waals surface area contributed by atoms with Crippen LogP contribution in [0.25, 0.3) is 0 Å². The van der Waals surface area contributed by atoms with Crippen LogP contribution in [-0.4, -0.2) is 37.4 Å². The van der Waals surface area contributed by atoms with Crippen molar-refractivity contribution in [3.63, 3.8) is 0 Å². The van der Waals surface area contributed by atoms with Crippen LogP contribution in [0.3, 0.4) is 0 Å². The molecule has 1 heterocycles. The fourth-order valence-corrected chi connectivity index (χ4v) is 2.01. The van der Waals surface area contributed by atoms with E-state index in [0.717, 1.165) is 11.8 Å². The Morgan fingerprint density at radius 2 is 2.17 bits per heavy atom. The highest BCUT2D eigenvalue weighted by Crippen LogP contribution is 2.08. The van der Waals surface area contributed by atoms with Crippen molar-refractivity contribution in [3.05, 3.63) is 24.0 Å². The maximum absolute atomic E-state index is 11.7. The Kier molecular flexibility index (Phi) is 4.80.